The molecule has 3 rings (SSSR count). The Balaban J connectivity index is 2.11. The third kappa shape index (κ3) is 2.04. The van der Waals surface area contributed by atoms with Gasteiger partial charge in [-0.15, -0.1) is 0 Å². The summed E-state index contributed by atoms with van der Waals surface area (Å²) < 4.78 is 0. The summed E-state index contributed by atoms with van der Waals surface area (Å²) in [5, 5.41) is 5.22. The number of halogens is 1. The van der Waals surface area contributed by atoms with Crippen molar-refractivity contribution in [1.29, 1.82) is 0 Å². The third-order valence-electron chi connectivity index (χ3n) is 3.42. The molecule has 2 aromatic rings. The number of para-hydroxylation sites is 1. The van der Waals surface area contributed by atoms with E-state index in [4.69, 9.17) is 16.6 Å². The van der Waals surface area contributed by atoms with Crippen LogP contribution in [0.5, 0.6) is 0 Å². The molecule has 0 spiro atoms. The molecule has 94 valence electrons. The number of anilines is 1. The van der Waals surface area contributed by atoms with Gasteiger partial charge in [0, 0.05) is 31.6 Å². The molecule has 0 atom stereocenters. The molecule has 1 aromatic heterocycles. The van der Waals surface area contributed by atoms with Crippen molar-refractivity contribution in [2.75, 3.05) is 31.1 Å². The van der Waals surface area contributed by atoms with Crippen LogP contribution in [0, 0.1) is 6.92 Å². The Kier molecular flexibility index (Phi) is 3.10. The molecule has 4 heteroatoms. The number of nitrogens with zero attached hydrogens (tertiary/aromatic N) is 2. The van der Waals surface area contributed by atoms with Crippen molar-refractivity contribution in [3.63, 3.8) is 0 Å². The van der Waals surface area contributed by atoms with Crippen LogP contribution in [0.15, 0.2) is 24.3 Å². The molecule has 2 heterocycles. The van der Waals surface area contributed by atoms with E-state index in [0.717, 1.165) is 47.9 Å². The van der Waals surface area contributed by atoms with Crippen LogP contribution >= 0.6 is 11.6 Å². The second-order valence-corrected chi connectivity index (χ2v) is 5.08. The molecule has 1 aliphatic rings. The zero-order chi connectivity index (χ0) is 12.5. The summed E-state index contributed by atoms with van der Waals surface area (Å²) >= 11 is 6.25. The summed E-state index contributed by atoms with van der Waals surface area (Å²) in [4.78, 5) is 7.04. The van der Waals surface area contributed by atoms with Gasteiger partial charge in [0.05, 0.1) is 10.5 Å². The minimum atomic E-state index is 0.729. The summed E-state index contributed by atoms with van der Waals surface area (Å²) in [5.74, 6) is 1.04. The highest BCUT2D eigenvalue weighted by atomic mass is 35.5. The van der Waals surface area contributed by atoms with Gasteiger partial charge in [-0.2, -0.15) is 0 Å². The molecule has 1 aromatic carbocycles. The number of fused-ring (bicyclic) bond motifs is 1. The molecule has 18 heavy (non-hydrogen) atoms. The van der Waals surface area contributed by atoms with Gasteiger partial charge in [0.1, 0.15) is 5.82 Å². The van der Waals surface area contributed by atoms with Gasteiger partial charge < -0.3 is 10.2 Å². The Bertz CT molecular complexity index is 577. The largest absolute Gasteiger partial charge is 0.354 e. The van der Waals surface area contributed by atoms with Gasteiger partial charge in [-0.25, -0.2) is 4.98 Å². The number of aromatic nitrogens is 1. The highest BCUT2D eigenvalue weighted by Crippen LogP contribution is 2.27. The van der Waals surface area contributed by atoms with Crippen molar-refractivity contribution < 1.29 is 0 Å². The van der Waals surface area contributed by atoms with E-state index in [1.54, 1.807) is 0 Å². The number of aryl methyl sites for hydroxylation is 1. The van der Waals surface area contributed by atoms with Crippen LogP contribution in [0.2, 0.25) is 5.02 Å². The van der Waals surface area contributed by atoms with Gasteiger partial charge in [-0.1, -0.05) is 23.7 Å². The van der Waals surface area contributed by atoms with Crippen molar-refractivity contribution in [2.45, 2.75) is 6.92 Å². The summed E-state index contributed by atoms with van der Waals surface area (Å²) in [6, 6.07) is 8.11. The zero-order valence-electron chi connectivity index (χ0n) is 10.4. The molecule has 0 radical (unpaired) electrons. The highest BCUT2D eigenvalue weighted by molar-refractivity contribution is 6.35. The molecular weight excluding hydrogens is 246 g/mol. The molecular formula is C14H16ClN3. The quantitative estimate of drug-likeness (QED) is 0.855. The van der Waals surface area contributed by atoms with Gasteiger partial charge in [-0.3, -0.25) is 0 Å². The Labute approximate surface area is 112 Å². The van der Waals surface area contributed by atoms with Gasteiger partial charge in [0.15, 0.2) is 0 Å². The molecule has 0 unspecified atom stereocenters. The van der Waals surface area contributed by atoms with E-state index >= 15 is 0 Å². The van der Waals surface area contributed by atoms with Crippen molar-refractivity contribution >= 4 is 28.3 Å². The molecule has 1 fully saturated rings. The standard InChI is InChI=1S/C14H16ClN3/c1-10-9-13(18-7-5-16-6-8-18)17-14-11(10)3-2-4-12(14)15/h2-4,9,16H,5-8H2,1H3. The van der Waals surface area contributed by atoms with Crippen LogP contribution in [0.25, 0.3) is 10.9 Å². The molecule has 0 bridgehead atoms. The lowest BCUT2D eigenvalue weighted by Crippen LogP contribution is -2.43. The fraction of sp³-hybridized carbons (Fsp3) is 0.357. The van der Waals surface area contributed by atoms with E-state index in [-0.39, 0.29) is 0 Å². The monoisotopic (exact) mass is 261 g/mol. The average Bonchev–Trinajstić information content (AvgIpc) is 2.41. The maximum absolute atomic E-state index is 6.25. The fourth-order valence-electron chi connectivity index (χ4n) is 2.42. The number of hydrogen-bond acceptors (Lipinski definition) is 3. The summed E-state index contributed by atoms with van der Waals surface area (Å²) in [6.07, 6.45) is 0. The van der Waals surface area contributed by atoms with Crippen LogP contribution in [0.4, 0.5) is 5.82 Å². The van der Waals surface area contributed by atoms with E-state index in [1.165, 1.54) is 5.56 Å². The molecule has 0 saturated carbocycles. The number of pyridine rings is 1. The number of benzene rings is 1. The van der Waals surface area contributed by atoms with Gasteiger partial charge in [0.2, 0.25) is 0 Å². The molecule has 0 amide bonds. The molecule has 0 aliphatic carbocycles. The Morgan fingerprint density at radius 1 is 1.28 bits per heavy atom. The lowest BCUT2D eigenvalue weighted by Gasteiger charge is -2.29. The van der Waals surface area contributed by atoms with Gasteiger partial charge in [-0.05, 0) is 24.6 Å². The predicted molar refractivity (Wildman–Crippen MR) is 76.6 cm³/mol. The smallest absolute Gasteiger partial charge is 0.129 e. The lowest BCUT2D eigenvalue weighted by atomic mass is 10.1. The first-order valence-corrected chi connectivity index (χ1v) is 6.65. The number of piperazine rings is 1. The first kappa shape index (κ1) is 11.8. The lowest BCUT2D eigenvalue weighted by molar-refractivity contribution is 0.585. The average molecular weight is 262 g/mol. The van der Waals surface area contributed by atoms with Gasteiger partial charge in [0.25, 0.3) is 0 Å². The maximum Gasteiger partial charge on any atom is 0.129 e. The van der Waals surface area contributed by atoms with E-state index in [9.17, 15) is 0 Å². The van der Waals surface area contributed by atoms with E-state index < -0.39 is 0 Å². The third-order valence-corrected chi connectivity index (χ3v) is 3.73. The topological polar surface area (TPSA) is 28.2 Å². The van der Waals surface area contributed by atoms with Crippen molar-refractivity contribution in [1.82, 2.24) is 10.3 Å². The van der Waals surface area contributed by atoms with E-state index in [1.807, 2.05) is 12.1 Å². The van der Waals surface area contributed by atoms with E-state index in [2.05, 4.69) is 29.3 Å². The van der Waals surface area contributed by atoms with Crippen LogP contribution in [0.3, 0.4) is 0 Å². The maximum atomic E-state index is 6.25. The first-order valence-electron chi connectivity index (χ1n) is 6.27. The van der Waals surface area contributed by atoms with Crippen LogP contribution < -0.4 is 10.2 Å². The van der Waals surface area contributed by atoms with Crippen molar-refractivity contribution in [3.8, 4) is 0 Å². The Morgan fingerprint density at radius 3 is 2.83 bits per heavy atom. The number of hydrogen-bond donors (Lipinski definition) is 1. The highest BCUT2D eigenvalue weighted by Gasteiger charge is 2.14. The predicted octanol–water partition coefficient (Wildman–Crippen LogP) is 2.61. The van der Waals surface area contributed by atoms with Crippen LogP contribution in [-0.4, -0.2) is 31.2 Å². The second-order valence-electron chi connectivity index (χ2n) is 4.67. The molecule has 1 N–H and O–H groups in total. The number of rotatable bonds is 1. The fourth-order valence-corrected chi connectivity index (χ4v) is 2.64. The number of nitrogens with one attached hydrogen (secondary N) is 1. The first-order chi connectivity index (χ1) is 8.75. The minimum Gasteiger partial charge on any atom is -0.354 e. The van der Waals surface area contributed by atoms with Crippen molar-refractivity contribution in [2.24, 2.45) is 0 Å². The van der Waals surface area contributed by atoms with Crippen molar-refractivity contribution in [3.05, 3.63) is 34.9 Å². The second kappa shape index (κ2) is 4.75. The summed E-state index contributed by atoms with van der Waals surface area (Å²) in [5.41, 5.74) is 2.14. The zero-order valence-corrected chi connectivity index (χ0v) is 11.2. The SMILES string of the molecule is Cc1cc(N2CCNCC2)nc2c(Cl)cccc12. The van der Waals surface area contributed by atoms with Crippen LogP contribution in [-0.2, 0) is 0 Å². The van der Waals surface area contributed by atoms with Gasteiger partial charge >= 0.3 is 0 Å². The summed E-state index contributed by atoms with van der Waals surface area (Å²) in [7, 11) is 0. The molecule has 1 aliphatic heterocycles. The Morgan fingerprint density at radius 2 is 2.06 bits per heavy atom. The summed E-state index contributed by atoms with van der Waals surface area (Å²) in [6.45, 7) is 6.15. The van der Waals surface area contributed by atoms with Crippen LogP contribution in [0.1, 0.15) is 5.56 Å². The molecule has 3 nitrogen and oxygen atoms in total. The minimum absolute atomic E-state index is 0.729. The Hall–Kier alpha value is -1.32. The normalized spacial score (nSPS) is 16.2. The van der Waals surface area contributed by atoms with E-state index in [0.29, 0.717) is 0 Å². The molecule has 1 saturated heterocycles.